The van der Waals surface area contributed by atoms with Crippen LogP contribution in [0.1, 0.15) is 22.8 Å². The van der Waals surface area contributed by atoms with Crippen molar-refractivity contribution in [3.8, 4) is 5.69 Å². The molecular weight excluding hydrogens is 437 g/mol. The Hall–Kier alpha value is -3.36. The van der Waals surface area contributed by atoms with Crippen molar-refractivity contribution in [3.63, 3.8) is 0 Å². The molecule has 9 heteroatoms. The van der Waals surface area contributed by atoms with Gasteiger partial charge in [0, 0.05) is 5.69 Å². The second-order valence-electron chi connectivity index (χ2n) is 6.75. The normalized spacial score (nSPS) is 10.8. The highest BCUT2D eigenvalue weighted by atomic mass is 35.5. The van der Waals surface area contributed by atoms with Crippen molar-refractivity contribution in [1.82, 2.24) is 20.3 Å². The molecule has 4 aromatic rings. The van der Waals surface area contributed by atoms with Gasteiger partial charge in [-0.1, -0.05) is 30.7 Å². The van der Waals surface area contributed by atoms with Crippen LogP contribution in [0.4, 0.5) is 10.1 Å². The van der Waals surface area contributed by atoms with Crippen LogP contribution in [0.5, 0.6) is 0 Å². The molecule has 2 N–H and O–H groups in total. The van der Waals surface area contributed by atoms with E-state index in [-0.39, 0.29) is 15.7 Å². The number of benzene rings is 3. The molecule has 6 nitrogen and oxygen atoms in total. The fraction of sp³-hybridized carbons (Fsp3) is 0.0909. The lowest BCUT2D eigenvalue weighted by Gasteiger charge is -2.10. The Bertz CT molecular complexity index is 1290. The molecule has 1 heterocycles. The molecule has 0 atom stereocenters. The van der Waals surface area contributed by atoms with Crippen molar-refractivity contribution in [3.05, 3.63) is 82.6 Å². The summed E-state index contributed by atoms with van der Waals surface area (Å²) in [6.07, 6.45) is 0.966. The molecule has 0 aliphatic heterocycles. The highest BCUT2D eigenvalue weighted by molar-refractivity contribution is 7.80. The van der Waals surface area contributed by atoms with E-state index in [1.54, 1.807) is 16.9 Å². The Morgan fingerprint density at radius 3 is 2.52 bits per heavy atom. The van der Waals surface area contributed by atoms with Gasteiger partial charge in [-0.3, -0.25) is 10.1 Å². The number of rotatable bonds is 4. The molecule has 1 aromatic heterocycles. The number of fused-ring (bicyclic) bond motifs is 1. The highest BCUT2D eigenvalue weighted by Gasteiger charge is 2.13. The van der Waals surface area contributed by atoms with Gasteiger partial charge in [-0.05, 0) is 72.7 Å². The molecule has 0 radical (unpaired) electrons. The van der Waals surface area contributed by atoms with Crippen molar-refractivity contribution in [2.24, 2.45) is 0 Å². The molecule has 0 aliphatic rings. The second kappa shape index (κ2) is 8.79. The number of aromatic nitrogens is 3. The van der Waals surface area contributed by atoms with E-state index in [4.69, 9.17) is 23.8 Å². The minimum absolute atomic E-state index is 0.00491. The van der Waals surface area contributed by atoms with Crippen molar-refractivity contribution < 1.29 is 9.18 Å². The maximum absolute atomic E-state index is 13.2. The average molecular weight is 454 g/mol. The standard InChI is InChI=1S/C22H17ClFN5OS/c1-2-13-3-7-16(8-4-13)29-27-19-10-6-15(12-20(19)28-29)25-22(31)26-21(30)17-9-5-14(24)11-18(17)23/h3-12H,2H2,1H3,(H2,25,26,30,31). The van der Waals surface area contributed by atoms with Crippen molar-refractivity contribution >= 4 is 51.6 Å². The van der Waals surface area contributed by atoms with E-state index in [1.165, 1.54) is 11.6 Å². The quantitative estimate of drug-likeness (QED) is 0.430. The smallest absolute Gasteiger partial charge is 0.258 e. The molecular formula is C22H17ClFN5OS. The van der Waals surface area contributed by atoms with Crippen LogP contribution in [0.15, 0.2) is 60.7 Å². The zero-order chi connectivity index (χ0) is 22.0. The van der Waals surface area contributed by atoms with Gasteiger partial charge in [0.1, 0.15) is 16.9 Å². The van der Waals surface area contributed by atoms with Gasteiger partial charge < -0.3 is 5.32 Å². The van der Waals surface area contributed by atoms with Crippen LogP contribution < -0.4 is 10.6 Å². The summed E-state index contributed by atoms with van der Waals surface area (Å²) in [5.74, 6) is -1.06. The SMILES string of the molecule is CCc1ccc(-n2nc3ccc(NC(=S)NC(=O)c4ccc(F)cc4Cl)cc3n2)cc1. The Morgan fingerprint density at radius 1 is 1.06 bits per heavy atom. The number of amides is 1. The summed E-state index contributed by atoms with van der Waals surface area (Å²) in [4.78, 5) is 13.9. The molecule has 0 spiro atoms. The molecule has 31 heavy (non-hydrogen) atoms. The van der Waals surface area contributed by atoms with E-state index in [0.717, 1.165) is 29.8 Å². The number of hydrogen-bond acceptors (Lipinski definition) is 4. The number of nitrogens with zero attached hydrogens (tertiary/aromatic N) is 3. The van der Waals surface area contributed by atoms with Gasteiger partial charge in [0.2, 0.25) is 0 Å². The van der Waals surface area contributed by atoms with E-state index < -0.39 is 11.7 Å². The first kappa shape index (κ1) is 20.9. The zero-order valence-corrected chi connectivity index (χ0v) is 18.0. The van der Waals surface area contributed by atoms with E-state index >= 15 is 0 Å². The summed E-state index contributed by atoms with van der Waals surface area (Å²) in [5, 5.41) is 14.6. The molecule has 0 aliphatic carbocycles. The number of thiocarbonyl (C=S) groups is 1. The van der Waals surface area contributed by atoms with Crippen LogP contribution in [0.2, 0.25) is 5.02 Å². The monoisotopic (exact) mass is 453 g/mol. The molecule has 1 amide bonds. The van der Waals surface area contributed by atoms with Gasteiger partial charge in [0.15, 0.2) is 5.11 Å². The number of nitrogens with one attached hydrogen (secondary N) is 2. The number of hydrogen-bond donors (Lipinski definition) is 2. The van der Waals surface area contributed by atoms with Crippen molar-refractivity contribution in [1.29, 1.82) is 0 Å². The number of halogens is 2. The van der Waals surface area contributed by atoms with Crippen molar-refractivity contribution in [2.75, 3.05) is 5.32 Å². The van der Waals surface area contributed by atoms with Gasteiger partial charge in [-0.25, -0.2) is 4.39 Å². The lowest BCUT2D eigenvalue weighted by Crippen LogP contribution is -2.34. The first-order valence-electron chi connectivity index (χ1n) is 9.47. The Kier molecular flexibility index (Phi) is 5.92. The van der Waals surface area contributed by atoms with Crippen LogP contribution in [0.25, 0.3) is 16.7 Å². The molecule has 156 valence electrons. The van der Waals surface area contributed by atoms with E-state index in [2.05, 4.69) is 27.8 Å². The number of carbonyl (C=O) groups is 1. The van der Waals surface area contributed by atoms with Gasteiger partial charge in [-0.15, -0.1) is 10.2 Å². The van der Waals surface area contributed by atoms with Crippen LogP contribution >= 0.6 is 23.8 Å². The lowest BCUT2D eigenvalue weighted by atomic mass is 10.2. The molecule has 3 aromatic carbocycles. The third-order valence-corrected chi connectivity index (χ3v) is 5.13. The van der Waals surface area contributed by atoms with Crippen LogP contribution in [-0.2, 0) is 6.42 Å². The van der Waals surface area contributed by atoms with E-state index in [0.29, 0.717) is 11.2 Å². The Balaban J connectivity index is 1.48. The fourth-order valence-electron chi connectivity index (χ4n) is 2.98. The van der Waals surface area contributed by atoms with Crippen LogP contribution in [-0.4, -0.2) is 26.0 Å². The molecule has 0 saturated carbocycles. The van der Waals surface area contributed by atoms with Crippen LogP contribution in [0, 0.1) is 5.82 Å². The van der Waals surface area contributed by atoms with Gasteiger partial charge in [0.05, 0.1) is 16.3 Å². The van der Waals surface area contributed by atoms with Gasteiger partial charge in [-0.2, -0.15) is 4.80 Å². The minimum Gasteiger partial charge on any atom is -0.332 e. The third-order valence-electron chi connectivity index (χ3n) is 4.62. The van der Waals surface area contributed by atoms with Crippen LogP contribution in [0.3, 0.4) is 0 Å². The van der Waals surface area contributed by atoms with Gasteiger partial charge in [0.25, 0.3) is 5.91 Å². The maximum Gasteiger partial charge on any atom is 0.258 e. The summed E-state index contributed by atoms with van der Waals surface area (Å²) in [6, 6.07) is 16.9. The second-order valence-corrected chi connectivity index (χ2v) is 7.56. The minimum atomic E-state index is -0.537. The number of anilines is 1. The van der Waals surface area contributed by atoms with E-state index in [1.807, 2.05) is 30.3 Å². The van der Waals surface area contributed by atoms with Crippen molar-refractivity contribution in [2.45, 2.75) is 13.3 Å². The zero-order valence-electron chi connectivity index (χ0n) is 16.4. The van der Waals surface area contributed by atoms with Gasteiger partial charge >= 0.3 is 0 Å². The first-order chi connectivity index (χ1) is 14.9. The summed E-state index contributed by atoms with van der Waals surface area (Å²) >= 11 is 11.1. The number of carbonyl (C=O) groups excluding carboxylic acids is 1. The average Bonchev–Trinajstić information content (AvgIpc) is 3.17. The third kappa shape index (κ3) is 4.70. The molecule has 0 unspecified atom stereocenters. The Morgan fingerprint density at radius 2 is 1.81 bits per heavy atom. The molecule has 4 rings (SSSR count). The largest absolute Gasteiger partial charge is 0.332 e. The summed E-state index contributed by atoms with van der Waals surface area (Å²) < 4.78 is 13.2. The molecule has 0 saturated heterocycles. The maximum atomic E-state index is 13.2. The molecule has 0 bridgehead atoms. The topological polar surface area (TPSA) is 71.8 Å². The lowest BCUT2D eigenvalue weighted by molar-refractivity contribution is 0.0978. The predicted molar refractivity (Wildman–Crippen MR) is 123 cm³/mol. The fourth-order valence-corrected chi connectivity index (χ4v) is 3.44. The molecule has 0 fully saturated rings. The van der Waals surface area contributed by atoms with E-state index in [9.17, 15) is 9.18 Å². The Labute approximate surface area is 188 Å². The summed E-state index contributed by atoms with van der Waals surface area (Å²) in [6.45, 7) is 2.10. The highest BCUT2D eigenvalue weighted by Crippen LogP contribution is 2.19. The first-order valence-corrected chi connectivity index (χ1v) is 10.3. The number of aryl methyl sites for hydroxylation is 1. The summed E-state index contributed by atoms with van der Waals surface area (Å²) in [7, 11) is 0. The predicted octanol–water partition coefficient (Wildman–Crippen LogP) is 4.90. The summed E-state index contributed by atoms with van der Waals surface area (Å²) in [5.41, 5.74) is 4.25.